The molecule has 3 heterocycles. The van der Waals surface area contributed by atoms with Crippen molar-refractivity contribution in [3.63, 3.8) is 0 Å². The van der Waals surface area contributed by atoms with Gasteiger partial charge in [-0.1, -0.05) is 160 Å². The number of fused-ring (bicyclic) bond motifs is 8. The van der Waals surface area contributed by atoms with Crippen molar-refractivity contribution in [2.75, 3.05) is 9.80 Å². The van der Waals surface area contributed by atoms with Crippen LogP contribution < -0.4 is 36.8 Å². The van der Waals surface area contributed by atoms with Crippen LogP contribution in [0.2, 0.25) is 0 Å². The van der Waals surface area contributed by atoms with Crippen molar-refractivity contribution in [3.8, 4) is 0 Å². The van der Waals surface area contributed by atoms with Crippen LogP contribution >= 0.6 is 0 Å². The summed E-state index contributed by atoms with van der Waals surface area (Å²) in [6.45, 7) is 28.9. The summed E-state index contributed by atoms with van der Waals surface area (Å²) in [6.07, 6.45) is 10.2. The molecule has 0 bridgehead atoms. The van der Waals surface area contributed by atoms with Crippen molar-refractivity contribution in [2.24, 2.45) is 11.3 Å². The predicted molar refractivity (Wildman–Crippen MR) is 270 cm³/mol. The minimum Gasteiger partial charge on any atom is -0.454 e. The number of hydrogen-bond donors (Lipinski definition) is 0. The number of hydrogen-bond acceptors (Lipinski definition) is 3. The van der Waals surface area contributed by atoms with E-state index in [1.54, 1.807) is 0 Å². The molecule has 3 nitrogen and oxygen atoms in total. The van der Waals surface area contributed by atoms with E-state index in [0.29, 0.717) is 5.92 Å². The van der Waals surface area contributed by atoms with Crippen molar-refractivity contribution in [1.29, 1.82) is 0 Å². The Hall–Kier alpha value is -5.48. The second kappa shape index (κ2) is 13.5. The molecule has 0 radical (unpaired) electrons. The van der Waals surface area contributed by atoms with Gasteiger partial charge in [0.15, 0.2) is 5.42 Å². The van der Waals surface area contributed by atoms with Gasteiger partial charge in [-0.25, -0.2) is 0 Å². The molecule has 11 rings (SSSR count). The van der Waals surface area contributed by atoms with Gasteiger partial charge in [0.2, 0.25) is 0 Å². The fourth-order valence-corrected chi connectivity index (χ4v) is 12.4. The topological polar surface area (TPSA) is 19.6 Å². The molecule has 1 aromatic heterocycles. The quantitative estimate of drug-likeness (QED) is 0.166. The van der Waals surface area contributed by atoms with E-state index in [2.05, 4.69) is 208 Å². The first-order valence-electron chi connectivity index (χ1n) is 23.5. The molecule has 63 heavy (non-hydrogen) atoms. The highest BCUT2D eigenvalue weighted by Gasteiger charge is 2.50. The van der Waals surface area contributed by atoms with E-state index >= 15 is 0 Å². The van der Waals surface area contributed by atoms with Crippen molar-refractivity contribution in [3.05, 3.63) is 153 Å². The molecular formula is C59H63BN2O. The number of para-hydroxylation sites is 1. The maximum absolute atomic E-state index is 7.10. The zero-order valence-electron chi connectivity index (χ0n) is 39.6. The van der Waals surface area contributed by atoms with Crippen LogP contribution in [0.3, 0.4) is 0 Å². The molecule has 2 unspecified atom stereocenters. The summed E-state index contributed by atoms with van der Waals surface area (Å²) in [5.74, 6) is 0.317. The van der Waals surface area contributed by atoms with Crippen LogP contribution in [0.5, 0.6) is 0 Å². The normalized spacial score (nSPS) is 20.6. The average molecular weight is 827 g/mol. The number of furan rings is 1. The second-order valence-electron chi connectivity index (χ2n) is 23.1. The number of nitrogens with zero attached hydrogens (tertiary/aromatic N) is 2. The number of rotatable bonds is 3. The molecular weight excluding hydrogens is 763 g/mol. The van der Waals surface area contributed by atoms with E-state index in [0.717, 1.165) is 30.3 Å². The second-order valence-corrected chi connectivity index (χ2v) is 23.1. The molecule has 0 saturated heterocycles. The summed E-state index contributed by atoms with van der Waals surface area (Å²) in [5, 5.41) is 2.44. The average Bonchev–Trinajstić information content (AvgIpc) is 3.69. The number of aryl methyl sites for hydroxylation is 1. The van der Waals surface area contributed by atoms with Gasteiger partial charge < -0.3 is 14.2 Å². The summed E-state index contributed by atoms with van der Waals surface area (Å²) in [7, 11) is 0. The Morgan fingerprint density at radius 2 is 1.37 bits per heavy atom. The van der Waals surface area contributed by atoms with Gasteiger partial charge in [-0.2, -0.15) is 0 Å². The zero-order valence-corrected chi connectivity index (χ0v) is 39.6. The Morgan fingerprint density at radius 3 is 2.10 bits per heavy atom. The molecule has 318 valence electrons. The molecule has 0 saturated carbocycles. The van der Waals surface area contributed by atoms with Crippen LogP contribution in [0.25, 0.3) is 28.3 Å². The monoisotopic (exact) mass is 827 g/mol. The standard InChI is InChI=1S/C59H63BN2O/c1-35-26-50-54-51(27-35)62(52-31-40(57(6,7)8)29-42-41-20-16-17-21-53(41)63-55(42)52)49-33-44-43(58(9,10)34-59(44,11)12)32-46(49)60(54)45-30-39(56(3,4)5)24-25-47(45)61(50)48-28-38(23-22-36(48)2)37-18-14-13-15-19-37/h13-27,29-30,32-33,40,48H,28,31,34H2,1-12H3. The number of allylic oxidation sites excluding steroid dienone is 2. The fourth-order valence-electron chi connectivity index (χ4n) is 12.4. The van der Waals surface area contributed by atoms with Gasteiger partial charge >= 0.3 is 0 Å². The Morgan fingerprint density at radius 1 is 0.683 bits per heavy atom. The molecule has 0 N–H and O–H groups in total. The molecule has 2 atom stereocenters. The third kappa shape index (κ3) is 6.13. The highest BCUT2D eigenvalue weighted by molar-refractivity contribution is 7.00. The van der Waals surface area contributed by atoms with Crippen molar-refractivity contribution >= 4 is 74.2 Å². The van der Waals surface area contributed by atoms with Crippen molar-refractivity contribution in [1.82, 2.24) is 0 Å². The van der Waals surface area contributed by atoms with Crippen LogP contribution in [0.4, 0.5) is 22.7 Å². The minimum atomic E-state index is -0.0122. The van der Waals surface area contributed by atoms with Gasteiger partial charge in [-0.15, -0.1) is 0 Å². The zero-order chi connectivity index (χ0) is 44.1. The van der Waals surface area contributed by atoms with Crippen molar-refractivity contribution < 1.29 is 4.42 Å². The SMILES string of the molecule is CC1=CC=C(c2ccccc2)CC1N1c2ccc(C(C)(C)C)cc2B2c3cc4c(cc3N(C3=c5oc6ccccc6c5=CC(C(C)(C)C)C3)c3cc(C)cc1c32)C(C)(C)CC4(C)C. The third-order valence-corrected chi connectivity index (χ3v) is 15.6. The summed E-state index contributed by atoms with van der Waals surface area (Å²) >= 11 is 0. The van der Waals surface area contributed by atoms with E-state index in [-0.39, 0.29) is 34.4 Å². The minimum absolute atomic E-state index is 0.0122. The Balaban J connectivity index is 1.25. The molecule has 2 aliphatic heterocycles. The first kappa shape index (κ1) is 40.3. The fraction of sp³-hybridized carbons (Fsp3) is 0.356. The molecule has 0 amide bonds. The van der Waals surface area contributed by atoms with Crippen LogP contribution in [0.15, 0.2) is 119 Å². The molecule has 5 aromatic carbocycles. The lowest BCUT2D eigenvalue weighted by Crippen LogP contribution is -2.63. The molecule has 5 aliphatic rings. The largest absolute Gasteiger partial charge is 0.454 e. The highest BCUT2D eigenvalue weighted by atomic mass is 16.3. The Labute approximate surface area is 376 Å². The van der Waals surface area contributed by atoms with Gasteiger partial charge in [-0.05, 0) is 141 Å². The summed E-state index contributed by atoms with van der Waals surface area (Å²) in [4.78, 5) is 5.46. The van der Waals surface area contributed by atoms with Crippen LogP contribution in [-0.4, -0.2) is 12.8 Å². The summed E-state index contributed by atoms with van der Waals surface area (Å²) in [6, 6.07) is 37.6. The first-order valence-corrected chi connectivity index (χ1v) is 23.5. The summed E-state index contributed by atoms with van der Waals surface area (Å²) in [5.41, 5.74) is 22.6. The van der Waals surface area contributed by atoms with Gasteiger partial charge in [0.1, 0.15) is 5.58 Å². The van der Waals surface area contributed by atoms with E-state index in [4.69, 9.17) is 4.42 Å². The maximum atomic E-state index is 7.10. The van der Waals surface area contributed by atoms with Crippen LogP contribution in [-0.2, 0) is 16.2 Å². The van der Waals surface area contributed by atoms with E-state index in [1.165, 1.54) is 94.4 Å². The molecule has 0 fully saturated rings. The molecule has 0 spiro atoms. The Bertz CT molecular complexity index is 3110. The lowest BCUT2D eigenvalue weighted by Gasteiger charge is -2.48. The van der Waals surface area contributed by atoms with Gasteiger partial charge in [0, 0.05) is 33.4 Å². The third-order valence-electron chi connectivity index (χ3n) is 15.6. The highest BCUT2D eigenvalue weighted by Crippen LogP contribution is 2.53. The maximum Gasteiger partial charge on any atom is 0.252 e. The van der Waals surface area contributed by atoms with Crippen LogP contribution in [0, 0.1) is 18.3 Å². The lowest BCUT2D eigenvalue weighted by atomic mass is 9.33. The van der Waals surface area contributed by atoms with E-state index < -0.39 is 0 Å². The van der Waals surface area contributed by atoms with Gasteiger partial charge in [0.25, 0.3) is 6.71 Å². The first-order chi connectivity index (χ1) is 29.8. The molecule has 6 aromatic rings. The number of anilines is 4. The van der Waals surface area contributed by atoms with Crippen LogP contribution in [0.1, 0.15) is 123 Å². The van der Waals surface area contributed by atoms with Gasteiger partial charge in [0.05, 0.1) is 11.7 Å². The smallest absolute Gasteiger partial charge is 0.252 e. The lowest BCUT2D eigenvalue weighted by molar-refractivity contribution is 0.309. The van der Waals surface area contributed by atoms with E-state index in [9.17, 15) is 0 Å². The van der Waals surface area contributed by atoms with Gasteiger partial charge in [-0.3, -0.25) is 0 Å². The summed E-state index contributed by atoms with van der Waals surface area (Å²) < 4.78 is 7.10. The predicted octanol–water partition coefficient (Wildman–Crippen LogP) is 11.9. The Kier molecular flexibility index (Phi) is 8.65. The van der Waals surface area contributed by atoms with Crippen molar-refractivity contribution in [2.45, 2.75) is 125 Å². The van der Waals surface area contributed by atoms with E-state index in [1.807, 2.05) is 0 Å². The molecule has 4 heteroatoms. The molecule has 3 aliphatic carbocycles. The number of benzene rings is 5.